The Balaban J connectivity index is 1.96. The molecule has 0 saturated carbocycles. The van der Waals surface area contributed by atoms with Gasteiger partial charge in [0.15, 0.2) is 0 Å². The number of nitrogens with zero attached hydrogens (tertiary/aromatic N) is 4. The van der Waals surface area contributed by atoms with Gasteiger partial charge in [-0.3, -0.25) is 24.4 Å². The predicted octanol–water partition coefficient (Wildman–Crippen LogP) is 3.89. The van der Waals surface area contributed by atoms with Crippen molar-refractivity contribution in [3.63, 3.8) is 0 Å². The topological polar surface area (TPSA) is 146 Å². The number of primary amides is 1. The third kappa shape index (κ3) is 4.01. The van der Waals surface area contributed by atoms with E-state index in [1.54, 1.807) is 30.3 Å². The van der Waals surface area contributed by atoms with Gasteiger partial charge >= 0.3 is 5.69 Å². The fourth-order valence-corrected chi connectivity index (χ4v) is 4.33. The Kier molecular flexibility index (Phi) is 5.55. The molecule has 33 heavy (non-hydrogen) atoms. The number of anilines is 1. The van der Waals surface area contributed by atoms with Crippen molar-refractivity contribution in [2.24, 2.45) is 12.8 Å². The number of nitro groups is 1. The number of carbonyl (C=O) groups excluding carboxylic acids is 2. The molecule has 0 atom stereocenters. The molecule has 0 aliphatic heterocycles. The van der Waals surface area contributed by atoms with E-state index in [9.17, 15) is 28.5 Å². The quantitative estimate of drug-likeness (QED) is 0.321. The third-order valence-electron chi connectivity index (χ3n) is 4.67. The molecule has 0 bridgehead atoms. The van der Waals surface area contributed by atoms with Gasteiger partial charge in [0.25, 0.3) is 18.2 Å². The molecule has 4 rings (SSSR count). The van der Waals surface area contributed by atoms with Crippen LogP contribution in [0.2, 0.25) is 0 Å². The van der Waals surface area contributed by atoms with Crippen LogP contribution in [0.25, 0.3) is 21.3 Å². The number of carbonyl (C=O) groups is 2. The van der Waals surface area contributed by atoms with Gasteiger partial charge in [0.2, 0.25) is 5.69 Å². The first-order chi connectivity index (χ1) is 15.7. The van der Waals surface area contributed by atoms with E-state index >= 15 is 0 Å². The van der Waals surface area contributed by atoms with E-state index in [0.717, 1.165) is 22.2 Å². The van der Waals surface area contributed by atoms with Crippen molar-refractivity contribution in [1.82, 2.24) is 14.8 Å². The van der Waals surface area contributed by atoms with Gasteiger partial charge in [-0.2, -0.15) is 5.10 Å². The van der Waals surface area contributed by atoms with E-state index in [-0.39, 0.29) is 26.3 Å². The number of aromatic nitrogens is 3. The number of benzene rings is 1. The fraction of sp³-hybridized carbons (Fsp3) is 0.100. The molecule has 0 fully saturated rings. The second kappa shape index (κ2) is 8.35. The second-order valence-electron chi connectivity index (χ2n) is 6.86. The molecule has 3 aromatic heterocycles. The molecular weight excluding hydrogens is 458 g/mol. The van der Waals surface area contributed by atoms with Gasteiger partial charge < -0.3 is 11.1 Å². The molecule has 1 aromatic carbocycles. The first-order valence-corrected chi connectivity index (χ1v) is 10.1. The summed E-state index contributed by atoms with van der Waals surface area (Å²) in [6.07, 6.45) is -1.83. The summed E-state index contributed by atoms with van der Waals surface area (Å²) in [4.78, 5) is 39.4. The molecule has 3 heterocycles. The van der Waals surface area contributed by atoms with Crippen molar-refractivity contribution < 1.29 is 23.3 Å². The first-order valence-electron chi connectivity index (χ1n) is 9.27. The molecular formula is C20H14F2N6O4S. The highest BCUT2D eigenvalue weighted by atomic mass is 32.1. The summed E-state index contributed by atoms with van der Waals surface area (Å²) in [5, 5.41) is 17.8. The minimum atomic E-state index is -2.88. The monoisotopic (exact) mass is 472 g/mol. The number of fused-ring (bicyclic) bond motifs is 1. The van der Waals surface area contributed by atoms with E-state index in [1.807, 2.05) is 0 Å². The number of halogens is 2. The van der Waals surface area contributed by atoms with Gasteiger partial charge in [0.1, 0.15) is 21.6 Å². The molecule has 10 nitrogen and oxygen atoms in total. The van der Waals surface area contributed by atoms with Crippen LogP contribution in [-0.4, -0.2) is 31.5 Å². The van der Waals surface area contributed by atoms with Crippen LogP contribution in [-0.2, 0) is 7.05 Å². The normalized spacial score (nSPS) is 11.2. The third-order valence-corrected chi connectivity index (χ3v) is 5.77. The van der Waals surface area contributed by atoms with Crippen LogP contribution in [0.15, 0.2) is 42.6 Å². The highest BCUT2D eigenvalue weighted by molar-refractivity contribution is 7.21. The summed E-state index contributed by atoms with van der Waals surface area (Å²) in [5.74, 6) is -1.90. The minimum Gasteiger partial charge on any atom is -0.365 e. The van der Waals surface area contributed by atoms with Crippen LogP contribution >= 0.6 is 11.3 Å². The molecule has 0 unspecified atom stereocenters. The lowest BCUT2D eigenvalue weighted by Gasteiger charge is -2.10. The van der Waals surface area contributed by atoms with E-state index in [0.29, 0.717) is 5.56 Å². The number of pyridine rings is 1. The van der Waals surface area contributed by atoms with E-state index in [1.165, 1.54) is 13.1 Å². The van der Waals surface area contributed by atoms with Crippen molar-refractivity contribution in [3.05, 3.63) is 69.0 Å². The average Bonchev–Trinajstić information content (AvgIpc) is 3.35. The number of hydrogen-bond donors (Lipinski definition) is 2. The molecule has 2 amide bonds. The maximum absolute atomic E-state index is 13.5. The van der Waals surface area contributed by atoms with Crippen LogP contribution in [0.4, 0.5) is 20.2 Å². The lowest BCUT2D eigenvalue weighted by atomic mass is 10.0. The highest BCUT2D eigenvalue weighted by Gasteiger charge is 2.29. The molecule has 168 valence electrons. The van der Waals surface area contributed by atoms with Gasteiger partial charge in [-0.1, -0.05) is 30.3 Å². The van der Waals surface area contributed by atoms with Crippen LogP contribution in [0, 0.1) is 10.1 Å². The van der Waals surface area contributed by atoms with Gasteiger partial charge in [-0.25, -0.2) is 13.8 Å². The van der Waals surface area contributed by atoms with E-state index in [4.69, 9.17) is 5.73 Å². The van der Waals surface area contributed by atoms with Crippen molar-refractivity contribution >= 4 is 44.7 Å². The summed E-state index contributed by atoms with van der Waals surface area (Å²) in [6, 6.07) is 9.63. The molecule has 0 radical (unpaired) electrons. The number of rotatable bonds is 6. The summed E-state index contributed by atoms with van der Waals surface area (Å²) in [6.45, 7) is 0. The number of amides is 2. The second-order valence-corrected chi connectivity index (χ2v) is 7.86. The van der Waals surface area contributed by atoms with Crippen molar-refractivity contribution in [3.8, 4) is 11.1 Å². The fourth-order valence-electron chi connectivity index (χ4n) is 3.31. The average molecular weight is 472 g/mol. The standard InChI is InChI=1S/C20H14F2N6O4S/c1-27-8-12(28(31)32)14(26-27)19(30)25-15-13-10(9-5-3-2-4-6-9)7-11(17(21)22)24-20(13)33-16(15)18(23)29/h2-8,17H,1H3,(H2,23,29)(H,25,30). The zero-order valence-electron chi connectivity index (χ0n) is 16.8. The van der Waals surface area contributed by atoms with E-state index < -0.39 is 40.2 Å². The van der Waals surface area contributed by atoms with Crippen molar-refractivity contribution in [2.75, 3.05) is 5.32 Å². The SMILES string of the molecule is Cn1cc([N+](=O)[O-])c(C(=O)Nc2c(C(N)=O)sc3nc(C(F)F)cc(-c4ccccc4)c23)n1. The Hall–Kier alpha value is -4.26. The lowest BCUT2D eigenvalue weighted by Crippen LogP contribution is -2.18. The number of hydrogen-bond acceptors (Lipinski definition) is 7. The smallest absolute Gasteiger partial charge is 0.320 e. The predicted molar refractivity (Wildman–Crippen MR) is 116 cm³/mol. The first kappa shape index (κ1) is 22.0. The van der Waals surface area contributed by atoms with Crippen molar-refractivity contribution in [2.45, 2.75) is 6.43 Å². The molecule has 13 heteroatoms. The summed E-state index contributed by atoms with van der Waals surface area (Å²) in [5.41, 5.74) is 4.65. The lowest BCUT2D eigenvalue weighted by molar-refractivity contribution is -0.385. The van der Waals surface area contributed by atoms with Crippen LogP contribution in [0.5, 0.6) is 0 Å². The van der Waals surface area contributed by atoms with Gasteiger partial charge in [0.05, 0.1) is 10.6 Å². The van der Waals surface area contributed by atoms with Gasteiger partial charge in [-0.05, 0) is 17.2 Å². The number of nitrogens with two attached hydrogens (primary N) is 1. The van der Waals surface area contributed by atoms with E-state index in [2.05, 4.69) is 15.4 Å². The summed E-state index contributed by atoms with van der Waals surface area (Å²) >= 11 is 0.732. The maximum atomic E-state index is 13.5. The number of aryl methyl sites for hydroxylation is 1. The van der Waals surface area contributed by atoms with Gasteiger partial charge in [-0.15, -0.1) is 11.3 Å². The van der Waals surface area contributed by atoms with Crippen LogP contribution in [0.3, 0.4) is 0 Å². The summed E-state index contributed by atoms with van der Waals surface area (Å²) < 4.78 is 28.1. The summed E-state index contributed by atoms with van der Waals surface area (Å²) in [7, 11) is 1.40. The molecule has 4 aromatic rings. The minimum absolute atomic E-state index is 0.0475. The molecule has 0 spiro atoms. The molecule has 0 aliphatic rings. The Labute approximate surface area is 187 Å². The molecule has 0 aliphatic carbocycles. The zero-order chi connectivity index (χ0) is 23.9. The van der Waals surface area contributed by atoms with Crippen LogP contribution in [0.1, 0.15) is 32.3 Å². The zero-order valence-corrected chi connectivity index (χ0v) is 17.6. The number of alkyl halides is 2. The maximum Gasteiger partial charge on any atom is 0.320 e. The van der Waals surface area contributed by atoms with Crippen molar-refractivity contribution in [1.29, 1.82) is 0 Å². The Bertz CT molecular complexity index is 1420. The Morgan fingerprint density at radius 1 is 1.27 bits per heavy atom. The van der Waals surface area contributed by atoms with Gasteiger partial charge in [0, 0.05) is 12.4 Å². The molecule has 3 N–H and O–H groups in total. The Morgan fingerprint density at radius 3 is 2.58 bits per heavy atom. The van der Waals surface area contributed by atoms with Crippen LogP contribution < -0.4 is 11.1 Å². The highest BCUT2D eigenvalue weighted by Crippen LogP contribution is 2.42. The molecule has 0 saturated heterocycles. The largest absolute Gasteiger partial charge is 0.365 e. The number of thiophene rings is 1. The number of nitrogens with one attached hydrogen (secondary N) is 1. The Morgan fingerprint density at radius 2 is 1.97 bits per heavy atom.